The summed E-state index contributed by atoms with van der Waals surface area (Å²) < 4.78 is 0. The van der Waals surface area contributed by atoms with Gasteiger partial charge in [-0.3, -0.25) is 9.59 Å². The lowest BCUT2D eigenvalue weighted by molar-refractivity contribution is -0.858. The molecule has 0 saturated carbocycles. The van der Waals surface area contributed by atoms with Crippen LogP contribution in [0.1, 0.15) is 47.0 Å². The Balaban J connectivity index is 2.63. The van der Waals surface area contributed by atoms with Crippen LogP contribution in [-0.2, 0) is 9.59 Å². The van der Waals surface area contributed by atoms with Crippen molar-refractivity contribution in [2.75, 3.05) is 39.0 Å². The molecule has 0 spiro atoms. The van der Waals surface area contributed by atoms with Crippen molar-refractivity contribution in [2.24, 2.45) is 11.3 Å². The van der Waals surface area contributed by atoms with Crippen LogP contribution in [0.3, 0.4) is 0 Å². The highest BCUT2D eigenvalue weighted by Crippen LogP contribution is 2.26. The summed E-state index contributed by atoms with van der Waals surface area (Å²) in [6.45, 7) is 10.3. The lowest BCUT2D eigenvalue weighted by atomic mass is 9.84. The predicted molar refractivity (Wildman–Crippen MR) is 107 cm³/mol. The average Bonchev–Trinajstić information content (AvgIpc) is 2.96. The fraction of sp³-hybridized carbons (Fsp3) is 0.737. The van der Waals surface area contributed by atoms with E-state index in [1.54, 1.807) is 11.1 Å². The summed E-state index contributed by atoms with van der Waals surface area (Å²) in [5.41, 5.74) is 0.195. The van der Waals surface area contributed by atoms with E-state index in [2.05, 4.69) is 52.1 Å². The second-order valence-corrected chi connectivity index (χ2v) is 9.48. The number of nitrogens with one attached hydrogen (secondary N) is 2. The maximum atomic E-state index is 12.8. The number of quaternary nitrogens is 1. The number of hydrogen-bond acceptors (Lipinski definition) is 4. The zero-order valence-electron chi connectivity index (χ0n) is 17.1. The van der Waals surface area contributed by atoms with Gasteiger partial charge in [-0.2, -0.15) is 0 Å². The molecule has 0 fully saturated rings. The topological polar surface area (TPSA) is 66.7 Å². The average molecular weight is 384 g/mol. The summed E-state index contributed by atoms with van der Waals surface area (Å²) in [4.78, 5) is 32.2. The Morgan fingerprint density at radius 3 is 2.58 bits per heavy atom. The first kappa shape index (κ1) is 22.6. The van der Waals surface area contributed by atoms with Crippen molar-refractivity contribution < 1.29 is 14.5 Å². The van der Waals surface area contributed by atoms with Gasteiger partial charge in [0.15, 0.2) is 5.13 Å². The first-order valence-corrected chi connectivity index (χ1v) is 10.2. The van der Waals surface area contributed by atoms with Gasteiger partial charge in [0.25, 0.3) is 0 Å². The van der Waals surface area contributed by atoms with E-state index in [4.69, 9.17) is 0 Å². The van der Waals surface area contributed by atoms with Gasteiger partial charge in [-0.1, -0.05) is 27.7 Å². The summed E-state index contributed by atoms with van der Waals surface area (Å²) >= 11 is 1.38. The Hall–Kier alpha value is -1.47. The standard InChI is InChI=1S/C19H34N4O2S/c1-15(13-19(2,3)4)12-17(25)23(10-7-9-22(5)6)14-16(24)21-18-20-8-11-26-18/h8,11,15H,7,9-10,12-14H2,1-6H3,(H,20,21,24)/p+1/t15-/m0/s1. The van der Waals surface area contributed by atoms with E-state index in [1.165, 1.54) is 16.2 Å². The van der Waals surface area contributed by atoms with Crippen LogP contribution in [0.2, 0.25) is 0 Å². The molecule has 2 amide bonds. The summed E-state index contributed by atoms with van der Waals surface area (Å²) in [7, 11) is 4.18. The van der Waals surface area contributed by atoms with E-state index in [-0.39, 0.29) is 23.8 Å². The molecule has 0 saturated heterocycles. The molecule has 0 aromatic carbocycles. The molecule has 2 N–H and O–H groups in total. The molecule has 0 unspecified atom stereocenters. The minimum atomic E-state index is -0.186. The van der Waals surface area contributed by atoms with E-state index < -0.39 is 0 Å². The Morgan fingerprint density at radius 1 is 1.35 bits per heavy atom. The summed E-state index contributed by atoms with van der Waals surface area (Å²) in [6.07, 6.45) is 4.00. The number of amides is 2. The lowest BCUT2D eigenvalue weighted by Gasteiger charge is -2.27. The minimum absolute atomic E-state index is 0.0600. The molecule has 1 atom stereocenters. The zero-order valence-corrected chi connectivity index (χ0v) is 17.9. The highest BCUT2D eigenvalue weighted by molar-refractivity contribution is 7.13. The van der Waals surface area contributed by atoms with E-state index >= 15 is 0 Å². The zero-order chi connectivity index (χ0) is 19.7. The van der Waals surface area contributed by atoms with Crippen LogP contribution in [0.25, 0.3) is 0 Å². The molecule has 1 heterocycles. The van der Waals surface area contributed by atoms with Crippen molar-refractivity contribution in [3.05, 3.63) is 11.6 Å². The number of nitrogens with zero attached hydrogens (tertiary/aromatic N) is 2. The van der Waals surface area contributed by atoms with Crippen LogP contribution in [0.4, 0.5) is 5.13 Å². The van der Waals surface area contributed by atoms with E-state index in [0.717, 1.165) is 19.4 Å². The molecule has 1 rings (SSSR count). The first-order chi connectivity index (χ1) is 12.1. The van der Waals surface area contributed by atoms with Crippen molar-refractivity contribution in [3.8, 4) is 0 Å². The lowest BCUT2D eigenvalue weighted by Crippen LogP contribution is -3.05. The van der Waals surface area contributed by atoms with Crippen LogP contribution in [-0.4, -0.2) is 55.4 Å². The van der Waals surface area contributed by atoms with Gasteiger partial charge in [-0.25, -0.2) is 4.98 Å². The van der Waals surface area contributed by atoms with Gasteiger partial charge >= 0.3 is 0 Å². The van der Waals surface area contributed by atoms with Crippen molar-refractivity contribution in [1.29, 1.82) is 0 Å². The highest BCUT2D eigenvalue weighted by atomic mass is 32.1. The molecule has 0 radical (unpaired) electrons. The number of carbonyl (C=O) groups is 2. The fourth-order valence-electron chi connectivity index (χ4n) is 3.08. The van der Waals surface area contributed by atoms with Gasteiger partial charge in [0.2, 0.25) is 11.8 Å². The van der Waals surface area contributed by atoms with Gasteiger partial charge in [-0.05, 0) is 17.8 Å². The van der Waals surface area contributed by atoms with Crippen molar-refractivity contribution >= 4 is 28.3 Å². The van der Waals surface area contributed by atoms with Crippen molar-refractivity contribution in [1.82, 2.24) is 9.88 Å². The molecule has 6 nitrogen and oxygen atoms in total. The predicted octanol–water partition coefficient (Wildman–Crippen LogP) is 1.91. The number of thiazole rings is 1. The monoisotopic (exact) mass is 383 g/mol. The smallest absolute Gasteiger partial charge is 0.245 e. The quantitative estimate of drug-likeness (QED) is 0.649. The van der Waals surface area contributed by atoms with Gasteiger partial charge in [-0.15, -0.1) is 11.3 Å². The first-order valence-electron chi connectivity index (χ1n) is 9.33. The van der Waals surface area contributed by atoms with E-state index in [1.807, 2.05) is 5.38 Å². The second kappa shape index (κ2) is 10.6. The Labute approximate surface area is 162 Å². The van der Waals surface area contributed by atoms with Crippen LogP contribution in [0, 0.1) is 11.3 Å². The van der Waals surface area contributed by atoms with E-state index in [9.17, 15) is 9.59 Å². The molecule has 0 aliphatic carbocycles. The fourth-order valence-corrected chi connectivity index (χ4v) is 3.62. The molecule has 0 bridgehead atoms. The molecule has 1 aromatic rings. The third-order valence-electron chi connectivity index (χ3n) is 3.95. The molecular formula is C19H35N4O2S+. The molecule has 1 aromatic heterocycles. The summed E-state index contributed by atoms with van der Waals surface area (Å²) in [5, 5.41) is 5.15. The Bertz CT molecular complexity index is 552. The summed E-state index contributed by atoms with van der Waals surface area (Å²) in [5.74, 6) is 0.172. The highest BCUT2D eigenvalue weighted by Gasteiger charge is 2.22. The third kappa shape index (κ3) is 9.87. The molecule has 0 aliphatic heterocycles. The molecule has 26 heavy (non-hydrogen) atoms. The Morgan fingerprint density at radius 2 is 2.04 bits per heavy atom. The van der Waals surface area contributed by atoms with Crippen LogP contribution < -0.4 is 10.2 Å². The molecular weight excluding hydrogens is 348 g/mol. The summed E-state index contributed by atoms with van der Waals surface area (Å²) in [6, 6.07) is 0. The number of anilines is 1. The normalized spacial score (nSPS) is 12.9. The molecule has 148 valence electrons. The number of rotatable bonds is 10. The van der Waals surface area contributed by atoms with Crippen LogP contribution in [0.15, 0.2) is 11.6 Å². The van der Waals surface area contributed by atoms with E-state index in [0.29, 0.717) is 24.0 Å². The maximum absolute atomic E-state index is 12.8. The second-order valence-electron chi connectivity index (χ2n) is 8.59. The SMILES string of the molecule is C[C@@H](CC(=O)N(CCC[NH+](C)C)CC(=O)Nc1nccs1)CC(C)(C)C. The maximum Gasteiger partial charge on any atom is 0.245 e. The third-order valence-corrected chi connectivity index (χ3v) is 4.64. The van der Waals surface area contributed by atoms with Gasteiger partial charge < -0.3 is 15.1 Å². The van der Waals surface area contributed by atoms with Crippen LogP contribution >= 0.6 is 11.3 Å². The van der Waals surface area contributed by atoms with Gasteiger partial charge in [0.05, 0.1) is 27.2 Å². The minimum Gasteiger partial charge on any atom is -0.340 e. The molecule has 7 heteroatoms. The van der Waals surface area contributed by atoms with Crippen molar-refractivity contribution in [2.45, 2.75) is 47.0 Å². The van der Waals surface area contributed by atoms with Crippen LogP contribution in [0.5, 0.6) is 0 Å². The van der Waals surface area contributed by atoms with Gasteiger partial charge in [0.1, 0.15) is 0 Å². The number of aromatic nitrogens is 1. The largest absolute Gasteiger partial charge is 0.340 e. The Kier molecular flexibility index (Phi) is 9.22. The van der Waals surface area contributed by atoms with Crippen molar-refractivity contribution in [3.63, 3.8) is 0 Å². The number of carbonyl (C=O) groups excluding carboxylic acids is 2. The molecule has 0 aliphatic rings. The van der Waals surface area contributed by atoms with Gasteiger partial charge in [0, 0.05) is 31.0 Å². The number of hydrogen-bond donors (Lipinski definition) is 2.